The third kappa shape index (κ3) is 7.60. The van der Waals surface area contributed by atoms with Crippen molar-refractivity contribution >= 4 is 17.8 Å². The molecule has 0 bridgehead atoms. The molecule has 25 heavy (non-hydrogen) atoms. The number of rotatable bonds is 5. The van der Waals surface area contributed by atoms with Crippen LogP contribution in [-0.4, -0.2) is 27.1 Å². The SMILES string of the molecule is C=C(Cl)CCC(=C)[C@H]1C[C-]=NO1.Cn1cc(-c2cc[c-]cn2)cn1.[U+2]. The summed E-state index contributed by atoms with van der Waals surface area (Å²) < 4.78 is 1.76. The first-order valence-corrected chi connectivity index (χ1v) is 7.85. The standard InChI is InChI=1S/C9H11ClNO.C9H8N3.U/c1-7(3-4-8(2)10)9-5-6-11-12-9;1-12-7-8(6-11-12)9-4-2-3-5-10-9;/h9H,1-5H2;2,4-7H,1H3;/q2*-1;+2/t9-;;/m1../s1. The molecule has 0 aromatic carbocycles. The van der Waals surface area contributed by atoms with E-state index in [1.54, 1.807) is 17.1 Å². The van der Waals surface area contributed by atoms with E-state index in [0.717, 1.165) is 29.7 Å². The summed E-state index contributed by atoms with van der Waals surface area (Å²) in [4.78, 5) is 9.14. The van der Waals surface area contributed by atoms with Gasteiger partial charge in [0.05, 0.1) is 6.20 Å². The second kappa shape index (κ2) is 11.3. The Labute approximate surface area is 177 Å². The van der Waals surface area contributed by atoms with Crippen molar-refractivity contribution in [3.8, 4) is 11.3 Å². The number of hydrogen-bond donors (Lipinski definition) is 0. The first-order valence-electron chi connectivity index (χ1n) is 7.47. The summed E-state index contributed by atoms with van der Waals surface area (Å²) in [6.45, 7) is 7.48. The third-order valence-electron chi connectivity index (χ3n) is 3.31. The molecule has 2 aromatic heterocycles. The van der Waals surface area contributed by atoms with Gasteiger partial charge in [-0.25, -0.2) is 12.1 Å². The van der Waals surface area contributed by atoms with Crippen LogP contribution in [0.3, 0.4) is 0 Å². The van der Waals surface area contributed by atoms with Crippen molar-refractivity contribution in [2.24, 2.45) is 12.2 Å². The molecule has 0 amide bonds. The minimum absolute atomic E-state index is 0. The molecule has 0 N–H and O–H groups in total. The maximum atomic E-state index is 5.61. The van der Waals surface area contributed by atoms with E-state index in [2.05, 4.69) is 40.7 Å². The van der Waals surface area contributed by atoms with Gasteiger partial charge < -0.3 is 16.2 Å². The first-order chi connectivity index (χ1) is 11.6. The van der Waals surface area contributed by atoms with Crippen LogP contribution in [0.1, 0.15) is 19.3 Å². The smallest absolute Gasteiger partial charge is 0.428 e. The average Bonchev–Trinajstić information content (AvgIpc) is 3.25. The predicted molar refractivity (Wildman–Crippen MR) is 95.6 cm³/mol. The molecular formula is C18H19ClN4OU. The second-order valence-corrected chi connectivity index (χ2v) is 5.80. The van der Waals surface area contributed by atoms with Crippen molar-refractivity contribution < 1.29 is 36.0 Å². The van der Waals surface area contributed by atoms with Crippen molar-refractivity contribution in [1.29, 1.82) is 0 Å². The van der Waals surface area contributed by atoms with Gasteiger partial charge in [-0.1, -0.05) is 31.0 Å². The maximum Gasteiger partial charge on any atom is 2.00 e. The molecule has 0 saturated heterocycles. The van der Waals surface area contributed by atoms with Crippen LogP contribution < -0.4 is 0 Å². The van der Waals surface area contributed by atoms with Gasteiger partial charge in [0, 0.05) is 23.8 Å². The zero-order chi connectivity index (χ0) is 17.4. The molecule has 1 aliphatic rings. The Hall–Kier alpha value is -1.35. The van der Waals surface area contributed by atoms with Crippen molar-refractivity contribution in [2.75, 3.05) is 0 Å². The van der Waals surface area contributed by atoms with E-state index in [-0.39, 0.29) is 37.2 Å². The Kier molecular flexibility index (Phi) is 9.81. The van der Waals surface area contributed by atoms with Crippen LogP contribution in [0, 0.1) is 37.2 Å². The molecule has 128 valence electrons. The van der Waals surface area contributed by atoms with E-state index in [1.807, 2.05) is 25.4 Å². The van der Waals surface area contributed by atoms with Crippen LogP contribution in [-0.2, 0) is 11.9 Å². The molecule has 1 atom stereocenters. The van der Waals surface area contributed by atoms with Crippen molar-refractivity contribution in [3.63, 3.8) is 0 Å². The van der Waals surface area contributed by atoms with Crippen molar-refractivity contribution in [2.45, 2.75) is 25.4 Å². The van der Waals surface area contributed by atoms with Gasteiger partial charge in [0.1, 0.15) is 6.10 Å². The summed E-state index contributed by atoms with van der Waals surface area (Å²) in [7, 11) is 1.89. The van der Waals surface area contributed by atoms with Gasteiger partial charge in [0.15, 0.2) is 0 Å². The Morgan fingerprint density at radius 3 is 2.76 bits per heavy atom. The summed E-state index contributed by atoms with van der Waals surface area (Å²) >= 11 is 5.61. The number of halogens is 1. The summed E-state index contributed by atoms with van der Waals surface area (Å²) in [6, 6.07) is 6.63. The van der Waals surface area contributed by atoms with E-state index in [1.165, 1.54) is 0 Å². The maximum absolute atomic E-state index is 5.61. The number of pyridine rings is 1. The van der Waals surface area contributed by atoms with Crippen LogP contribution in [0.25, 0.3) is 11.3 Å². The van der Waals surface area contributed by atoms with E-state index in [9.17, 15) is 0 Å². The molecule has 7 heteroatoms. The fraction of sp³-hybridized carbons (Fsp3) is 0.278. The van der Waals surface area contributed by atoms with Crippen LogP contribution in [0.2, 0.25) is 0 Å². The monoisotopic (exact) mass is 580 g/mol. The van der Waals surface area contributed by atoms with Crippen LogP contribution in [0.4, 0.5) is 0 Å². The van der Waals surface area contributed by atoms with Gasteiger partial charge >= 0.3 is 31.1 Å². The van der Waals surface area contributed by atoms with Gasteiger partial charge in [0.2, 0.25) is 0 Å². The second-order valence-electron chi connectivity index (χ2n) is 5.27. The zero-order valence-corrected chi connectivity index (χ0v) is 19.0. The van der Waals surface area contributed by atoms with E-state index in [0.29, 0.717) is 11.5 Å². The molecule has 0 spiro atoms. The normalized spacial score (nSPS) is 14.7. The van der Waals surface area contributed by atoms with E-state index >= 15 is 0 Å². The molecule has 0 saturated carbocycles. The molecule has 2 aromatic rings. The zero-order valence-electron chi connectivity index (χ0n) is 14.1. The average molecular weight is 581 g/mol. The Bertz CT molecular complexity index is 707. The predicted octanol–water partition coefficient (Wildman–Crippen LogP) is 4.01. The van der Waals surface area contributed by atoms with Crippen LogP contribution >= 0.6 is 11.6 Å². The van der Waals surface area contributed by atoms with Gasteiger partial charge in [-0.15, -0.1) is 6.42 Å². The summed E-state index contributed by atoms with van der Waals surface area (Å²) in [6.07, 6.45) is 10.4. The molecule has 0 aliphatic carbocycles. The fourth-order valence-corrected chi connectivity index (χ4v) is 2.07. The summed E-state index contributed by atoms with van der Waals surface area (Å²) in [5.41, 5.74) is 2.97. The van der Waals surface area contributed by atoms with Gasteiger partial charge in [-0.05, 0) is 24.1 Å². The molecule has 1 aliphatic heterocycles. The number of allylic oxidation sites excluding steroid dienone is 1. The number of nitrogens with zero attached hydrogens (tertiary/aromatic N) is 4. The molecule has 0 unspecified atom stereocenters. The van der Waals surface area contributed by atoms with Crippen LogP contribution in [0.5, 0.6) is 0 Å². The molecule has 3 rings (SSSR count). The summed E-state index contributed by atoms with van der Waals surface area (Å²) in [5, 5.41) is 8.26. The molecule has 5 nitrogen and oxygen atoms in total. The van der Waals surface area contributed by atoms with Crippen LogP contribution in [0.15, 0.2) is 59.6 Å². The Morgan fingerprint density at radius 2 is 2.24 bits per heavy atom. The molecule has 0 radical (unpaired) electrons. The first kappa shape index (κ1) is 21.7. The van der Waals surface area contributed by atoms with Gasteiger partial charge in [0.25, 0.3) is 0 Å². The molecular weight excluding hydrogens is 562 g/mol. The minimum Gasteiger partial charge on any atom is -0.428 e. The number of aromatic nitrogens is 3. The Morgan fingerprint density at radius 1 is 1.44 bits per heavy atom. The Balaban J connectivity index is 0.000000240. The molecule has 0 fully saturated rings. The van der Waals surface area contributed by atoms with E-state index < -0.39 is 0 Å². The quantitative estimate of drug-likeness (QED) is 0.397. The van der Waals surface area contributed by atoms with Gasteiger partial charge in [-0.3, -0.25) is 9.67 Å². The number of aryl methyl sites for hydroxylation is 1. The third-order valence-corrected chi connectivity index (χ3v) is 3.50. The van der Waals surface area contributed by atoms with Gasteiger partial charge in [-0.2, -0.15) is 11.2 Å². The largest absolute Gasteiger partial charge is 2.00 e. The summed E-state index contributed by atoms with van der Waals surface area (Å²) in [5.74, 6) is 0. The van der Waals surface area contributed by atoms with Crippen molar-refractivity contribution in [1.82, 2.24) is 14.8 Å². The molecule has 3 heterocycles. The minimum atomic E-state index is 0. The topological polar surface area (TPSA) is 52.3 Å². The number of hydrogen-bond acceptors (Lipinski definition) is 4. The van der Waals surface area contributed by atoms with Crippen molar-refractivity contribution in [3.05, 3.63) is 60.6 Å². The fourth-order valence-electron chi connectivity index (χ4n) is 1.98. The van der Waals surface area contributed by atoms with E-state index in [4.69, 9.17) is 16.4 Å².